The second-order valence-electron chi connectivity index (χ2n) is 7.44. The number of alkyl halides is 1. The first-order valence-corrected chi connectivity index (χ1v) is 11.4. The summed E-state index contributed by atoms with van der Waals surface area (Å²) in [6.07, 6.45) is 0. The van der Waals surface area contributed by atoms with E-state index in [1.54, 1.807) is 11.3 Å². The van der Waals surface area contributed by atoms with Crippen LogP contribution in [-0.4, -0.2) is 20.7 Å². The van der Waals surface area contributed by atoms with Gasteiger partial charge in [0.1, 0.15) is 0 Å². The molecule has 6 heteroatoms. The van der Waals surface area contributed by atoms with Crippen molar-refractivity contribution in [3.05, 3.63) is 10.3 Å². The number of thiophene rings is 1. The van der Waals surface area contributed by atoms with Gasteiger partial charge in [0.05, 0.1) is 16.9 Å². The van der Waals surface area contributed by atoms with E-state index in [4.69, 9.17) is 25.5 Å². The first kappa shape index (κ1) is 17.1. The summed E-state index contributed by atoms with van der Waals surface area (Å²) in [5.74, 6) is 0.964. The van der Waals surface area contributed by atoms with Crippen LogP contribution in [0.3, 0.4) is 0 Å². The predicted octanol–water partition coefficient (Wildman–Crippen LogP) is 5.56. The smallest absolute Gasteiger partial charge is 0.246 e. The van der Waals surface area contributed by atoms with E-state index in [1.165, 1.54) is 0 Å². The molecule has 1 aliphatic rings. The van der Waals surface area contributed by atoms with E-state index in [9.17, 15) is 0 Å². The van der Waals surface area contributed by atoms with Crippen molar-refractivity contribution < 1.29 is 13.9 Å². The molecular weight excluding hydrogens is 324 g/mol. The zero-order valence-electron chi connectivity index (χ0n) is 13.9. The lowest BCUT2D eigenvalue weighted by Crippen LogP contribution is -2.41. The molecule has 1 aliphatic heterocycles. The van der Waals surface area contributed by atoms with Crippen LogP contribution in [0, 0.1) is 0 Å². The lowest BCUT2D eigenvalue weighted by molar-refractivity contribution is -0.0436. The molecule has 2 heterocycles. The average molecular weight is 349 g/mol. The van der Waals surface area contributed by atoms with Crippen LogP contribution in [0.1, 0.15) is 44.9 Å². The van der Waals surface area contributed by atoms with Crippen molar-refractivity contribution in [2.75, 3.05) is 6.61 Å². The Morgan fingerprint density at radius 3 is 2.52 bits per heavy atom. The molecule has 120 valence electrons. The molecule has 0 fully saturated rings. The Hall–Kier alpha value is -0.233. The Morgan fingerprint density at radius 2 is 1.95 bits per heavy atom. The third-order valence-corrected chi connectivity index (χ3v) is 10.2. The largest absolute Gasteiger partial charge is 0.448 e. The van der Waals surface area contributed by atoms with Crippen molar-refractivity contribution >= 4 is 31.3 Å². The molecule has 0 N–H and O–H groups in total. The molecule has 0 amide bonds. The first-order chi connectivity index (χ1) is 9.43. The summed E-state index contributed by atoms with van der Waals surface area (Å²) >= 11 is 8.12. The molecule has 1 aromatic rings. The number of fused-ring (bicyclic) bond motifs is 1. The third-order valence-electron chi connectivity index (χ3n) is 4.13. The maximum atomic E-state index is 6.55. The Morgan fingerprint density at radius 1 is 1.33 bits per heavy atom. The molecule has 0 radical (unpaired) electrons. The van der Waals surface area contributed by atoms with E-state index in [2.05, 4.69) is 33.9 Å². The van der Waals surface area contributed by atoms with Crippen LogP contribution in [0.4, 0.5) is 0 Å². The first-order valence-electron chi connectivity index (χ1n) is 7.20. The van der Waals surface area contributed by atoms with Crippen molar-refractivity contribution in [1.82, 2.24) is 0 Å². The number of ether oxygens (including phenoxy) is 2. The number of halogens is 1. The predicted molar refractivity (Wildman–Crippen MR) is 91.4 cm³/mol. The highest BCUT2D eigenvalue weighted by molar-refractivity contribution is 7.11. The van der Waals surface area contributed by atoms with Crippen LogP contribution in [-0.2, 0) is 4.43 Å². The molecule has 3 nitrogen and oxygen atoms in total. The van der Waals surface area contributed by atoms with Crippen LogP contribution in [0.15, 0.2) is 5.38 Å². The Bertz CT molecular complexity index is 519. The van der Waals surface area contributed by atoms with Gasteiger partial charge < -0.3 is 13.9 Å². The van der Waals surface area contributed by atoms with Crippen molar-refractivity contribution in [1.29, 1.82) is 0 Å². The maximum Gasteiger partial charge on any atom is 0.246 e. The molecule has 0 bridgehead atoms. The van der Waals surface area contributed by atoms with Gasteiger partial charge in [0.25, 0.3) is 0 Å². The molecule has 1 aromatic heterocycles. The van der Waals surface area contributed by atoms with Gasteiger partial charge in [-0.15, -0.1) is 22.9 Å². The van der Waals surface area contributed by atoms with Crippen molar-refractivity contribution in [3.8, 4) is 11.5 Å². The fourth-order valence-electron chi connectivity index (χ4n) is 1.84. The van der Waals surface area contributed by atoms with Crippen molar-refractivity contribution in [2.24, 2.45) is 0 Å². The minimum atomic E-state index is -1.79. The van der Waals surface area contributed by atoms with E-state index in [-0.39, 0.29) is 10.4 Å². The van der Waals surface area contributed by atoms with Gasteiger partial charge in [-0.3, -0.25) is 0 Å². The number of rotatable bonds is 4. The molecule has 1 atom stereocenters. The number of hydrogen-bond donors (Lipinski definition) is 0. The fraction of sp³-hybridized carbons (Fsp3) is 0.733. The summed E-state index contributed by atoms with van der Waals surface area (Å²) < 4.78 is 17.8. The summed E-state index contributed by atoms with van der Waals surface area (Å²) in [7, 11) is -1.79. The van der Waals surface area contributed by atoms with E-state index >= 15 is 0 Å². The van der Waals surface area contributed by atoms with Gasteiger partial charge in [0.15, 0.2) is 19.8 Å². The number of hydrogen-bond acceptors (Lipinski definition) is 4. The van der Waals surface area contributed by atoms with Crippen molar-refractivity contribution in [2.45, 2.75) is 63.9 Å². The zero-order chi connectivity index (χ0) is 16.1. The van der Waals surface area contributed by atoms with Gasteiger partial charge in [-0.1, -0.05) is 20.8 Å². The van der Waals surface area contributed by atoms with Crippen LogP contribution in [0.25, 0.3) is 0 Å². The molecule has 2 rings (SSSR count). The Kier molecular flexibility index (Phi) is 4.44. The lowest BCUT2D eigenvalue weighted by atomic mass is 10.2. The average Bonchev–Trinajstić information content (AvgIpc) is 2.79. The monoisotopic (exact) mass is 348 g/mol. The van der Waals surface area contributed by atoms with Gasteiger partial charge in [-0.25, -0.2) is 0 Å². The maximum absolute atomic E-state index is 6.55. The van der Waals surface area contributed by atoms with E-state index in [0.29, 0.717) is 6.61 Å². The van der Waals surface area contributed by atoms with E-state index in [1.807, 2.05) is 19.2 Å². The lowest BCUT2D eigenvalue weighted by Gasteiger charge is -2.36. The fourth-order valence-corrected chi connectivity index (χ4v) is 4.13. The van der Waals surface area contributed by atoms with Crippen LogP contribution < -0.4 is 9.47 Å². The highest BCUT2D eigenvalue weighted by Crippen LogP contribution is 2.50. The van der Waals surface area contributed by atoms with Gasteiger partial charge in [0, 0.05) is 19.2 Å². The Balaban J connectivity index is 2.05. The van der Waals surface area contributed by atoms with Crippen molar-refractivity contribution in [3.63, 3.8) is 0 Å². The summed E-state index contributed by atoms with van der Waals surface area (Å²) in [5, 5.41) is 1.94. The molecule has 0 aromatic carbocycles. The minimum Gasteiger partial charge on any atom is -0.448 e. The van der Waals surface area contributed by atoms with E-state index < -0.39 is 14.1 Å². The molecule has 0 saturated heterocycles. The second-order valence-corrected chi connectivity index (χ2v) is 13.7. The molecule has 0 saturated carbocycles. The molecule has 0 spiro atoms. The highest BCUT2D eigenvalue weighted by atomic mass is 35.5. The van der Waals surface area contributed by atoms with Crippen LogP contribution >= 0.6 is 22.9 Å². The molecule has 0 unspecified atom stereocenters. The van der Waals surface area contributed by atoms with Crippen LogP contribution in [0.2, 0.25) is 18.1 Å². The minimum absolute atomic E-state index is 0.183. The molecule has 21 heavy (non-hydrogen) atoms. The van der Waals surface area contributed by atoms with E-state index in [0.717, 1.165) is 16.4 Å². The topological polar surface area (TPSA) is 27.7 Å². The summed E-state index contributed by atoms with van der Waals surface area (Å²) in [4.78, 5) is 0.996. The summed E-state index contributed by atoms with van der Waals surface area (Å²) in [6, 6.07) is 0. The van der Waals surface area contributed by atoms with Gasteiger partial charge in [-0.05, 0) is 18.1 Å². The highest BCUT2D eigenvalue weighted by Gasteiger charge is 2.39. The van der Waals surface area contributed by atoms with Gasteiger partial charge in [-0.2, -0.15) is 0 Å². The molecule has 0 aliphatic carbocycles. The standard InChI is InChI=1S/C15H25ClO3SSi/c1-14(2,3)21(6,7)17-8-10(16)13-12-11(9-20-13)18-15(4,5)19-12/h9-10H,8H2,1-7H3/t10-/m0/s1. The van der Waals surface area contributed by atoms with Gasteiger partial charge >= 0.3 is 0 Å². The van der Waals surface area contributed by atoms with Gasteiger partial charge in [0.2, 0.25) is 5.79 Å². The zero-order valence-corrected chi connectivity index (χ0v) is 16.4. The SMILES string of the molecule is CC1(C)Oc2csc([C@@H](Cl)CO[Si](C)(C)C(C)(C)C)c2O1. The molecular formula is C15H25ClO3SSi. The summed E-state index contributed by atoms with van der Waals surface area (Å²) in [6.45, 7) is 15.5. The Labute approximate surface area is 137 Å². The third kappa shape index (κ3) is 3.58. The van der Waals surface area contributed by atoms with Crippen LogP contribution in [0.5, 0.6) is 11.5 Å². The second kappa shape index (κ2) is 5.44. The normalized spacial score (nSPS) is 18.9. The summed E-state index contributed by atoms with van der Waals surface area (Å²) in [5.41, 5.74) is 0. The quantitative estimate of drug-likeness (QED) is 0.526.